The molecule has 4 heteroatoms. The Kier molecular flexibility index (Phi) is 4.36. The van der Waals surface area contributed by atoms with Gasteiger partial charge in [0.1, 0.15) is 12.0 Å². The van der Waals surface area contributed by atoms with Crippen molar-refractivity contribution in [3.8, 4) is 0 Å². The van der Waals surface area contributed by atoms with Crippen LogP contribution in [0.2, 0.25) is 0 Å². The van der Waals surface area contributed by atoms with Gasteiger partial charge in [0.05, 0.1) is 0 Å². The molecule has 0 bridgehead atoms. The molecule has 2 aliphatic rings. The first-order valence-corrected chi connectivity index (χ1v) is 7.01. The van der Waals surface area contributed by atoms with E-state index in [-0.39, 0.29) is 23.5 Å². The van der Waals surface area contributed by atoms with Crippen LogP contribution in [0.25, 0.3) is 0 Å². The van der Waals surface area contributed by atoms with Crippen molar-refractivity contribution in [2.24, 2.45) is 11.8 Å². The number of carbonyl (C=O) groups is 2. The highest BCUT2D eigenvalue weighted by Gasteiger charge is 2.32. The molecule has 2 rings (SSSR count). The van der Waals surface area contributed by atoms with Gasteiger partial charge in [0.25, 0.3) is 0 Å². The van der Waals surface area contributed by atoms with Crippen LogP contribution in [0.4, 0.5) is 4.39 Å². The number of carbonyl (C=O) groups excluding carboxylic acids is 2. The van der Waals surface area contributed by atoms with Crippen LogP contribution in [0.1, 0.15) is 45.4 Å². The zero-order chi connectivity index (χ0) is 13.1. The minimum Gasteiger partial charge on any atom is -0.342 e. The molecule has 2 fully saturated rings. The van der Waals surface area contributed by atoms with Crippen LogP contribution >= 0.6 is 0 Å². The maximum Gasteiger partial charge on any atom is 0.225 e. The van der Waals surface area contributed by atoms with Crippen molar-refractivity contribution in [1.82, 2.24) is 4.90 Å². The summed E-state index contributed by atoms with van der Waals surface area (Å²) >= 11 is 0. The van der Waals surface area contributed by atoms with Crippen LogP contribution < -0.4 is 0 Å². The quantitative estimate of drug-likeness (QED) is 0.759. The van der Waals surface area contributed by atoms with Gasteiger partial charge < -0.3 is 4.90 Å². The number of hydrogen-bond acceptors (Lipinski definition) is 2. The third-order valence-electron chi connectivity index (χ3n) is 4.39. The molecule has 1 aliphatic carbocycles. The van der Waals surface area contributed by atoms with E-state index in [0.717, 1.165) is 12.8 Å². The second kappa shape index (κ2) is 5.81. The summed E-state index contributed by atoms with van der Waals surface area (Å²) in [4.78, 5) is 25.4. The number of nitrogens with zero attached hydrogens (tertiary/aromatic N) is 1. The molecule has 0 unspecified atom stereocenters. The molecule has 1 saturated heterocycles. The first kappa shape index (κ1) is 13.5. The van der Waals surface area contributed by atoms with E-state index in [1.165, 1.54) is 0 Å². The van der Waals surface area contributed by atoms with Crippen molar-refractivity contribution in [2.45, 2.75) is 51.6 Å². The lowest BCUT2D eigenvalue weighted by Crippen LogP contribution is -2.43. The lowest BCUT2D eigenvalue weighted by Gasteiger charge is -2.34. The van der Waals surface area contributed by atoms with Crippen LogP contribution in [0, 0.1) is 11.8 Å². The van der Waals surface area contributed by atoms with Crippen molar-refractivity contribution in [1.29, 1.82) is 0 Å². The molecule has 3 nitrogen and oxygen atoms in total. The van der Waals surface area contributed by atoms with Gasteiger partial charge in [-0.1, -0.05) is 0 Å². The Morgan fingerprint density at radius 1 is 0.944 bits per heavy atom. The molecule has 1 saturated carbocycles. The smallest absolute Gasteiger partial charge is 0.225 e. The van der Waals surface area contributed by atoms with Crippen LogP contribution in [0.15, 0.2) is 0 Å². The molecular weight excluding hydrogens is 233 g/mol. The molecule has 0 radical (unpaired) electrons. The lowest BCUT2D eigenvalue weighted by molar-refractivity contribution is -0.139. The summed E-state index contributed by atoms with van der Waals surface area (Å²) in [5.41, 5.74) is 0. The number of alkyl halides is 1. The molecule has 18 heavy (non-hydrogen) atoms. The zero-order valence-corrected chi connectivity index (χ0v) is 11.0. The minimum atomic E-state index is -0.711. The number of Topliss-reactive ketones (excluding diaryl/α,β-unsaturated/α-hetero) is 1. The van der Waals surface area contributed by atoms with E-state index < -0.39 is 6.17 Å². The monoisotopic (exact) mass is 255 g/mol. The Bertz CT molecular complexity index is 316. The van der Waals surface area contributed by atoms with E-state index in [1.54, 1.807) is 6.92 Å². The van der Waals surface area contributed by atoms with Crippen LogP contribution in [-0.2, 0) is 9.59 Å². The van der Waals surface area contributed by atoms with E-state index in [1.807, 2.05) is 4.90 Å². The molecule has 1 heterocycles. The third-order valence-corrected chi connectivity index (χ3v) is 4.39. The first-order valence-electron chi connectivity index (χ1n) is 7.01. The van der Waals surface area contributed by atoms with Gasteiger partial charge in [-0.25, -0.2) is 4.39 Å². The van der Waals surface area contributed by atoms with Crippen LogP contribution in [-0.4, -0.2) is 35.9 Å². The standard InChI is InChI=1S/C14H22FNO2/c1-10(17)11-6-8-16(9-7-11)14(18)12-2-4-13(15)5-3-12/h11-13H,2-9H2,1H3. The number of halogens is 1. The largest absolute Gasteiger partial charge is 0.342 e. The number of piperidine rings is 1. The summed E-state index contributed by atoms with van der Waals surface area (Å²) < 4.78 is 13.0. The van der Waals surface area contributed by atoms with Crippen molar-refractivity contribution in [3.63, 3.8) is 0 Å². The predicted molar refractivity (Wildman–Crippen MR) is 66.8 cm³/mol. The van der Waals surface area contributed by atoms with Gasteiger partial charge in [-0.15, -0.1) is 0 Å². The van der Waals surface area contributed by atoms with E-state index in [2.05, 4.69) is 0 Å². The molecule has 0 aromatic rings. The van der Waals surface area contributed by atoms with Gasteiger partial charge in [-0.2, -0.15) is 0 Å². The van der Waals surface area contributed by atoms with Gasteiger partial charge in [-0.05, 0) is 45.4 Å². The fraction of sp³-hybridized carbons (Fsp3) is 0.857. The lowest BCUT2D eigenvalue weighted by atomic mass is 9.86. The SMILES string of the molecule is CC(=O)C1CCN(C(=O)C2CCC(F)CC2)CC1. The summed E-state index contributed by atoms with van der Waals surface area (Å²) in [5, 5.41) is 0. The second-order valence-electron chi connectivity index (χ2n) is 5.66. The van der Waals surface area contributed by atoms with Gasteiger partial charge in [0.2, 0.25) is 5.91 Å². The molecule has 0 N–H and O–H groups in total. The highest BCUT2D eigenvalue weighted by molar-refractivity contribution is 5.81. The molecule has 1 aliphatic heterocycles. The Morgan fingerprint density at radius 3 is 2.00 bits per heavy atom. The summed E-state index contributed by atoms with van der Waals surface area (Å²) in [6.45, 7) is 3.02. The highest BCUT2D eigenvalue weighted by Crippen LogP contribution is 2.29. The zero-order valence-electron chi connectivity index (χ0n) is 11.0. The summed E-state index contributed by atoms with van der Waals surface area (Å²) in [5.74, 6) is 0.574. The van der Waals surface area contributed by atoms with E-state index in [4.69, 9.17) is 0 Å². The molecule has 102 valence electrons. The maximum atomic E-state index is 13.0. The minimum absolute atomic E-state index is 0.0193. The second-order valence-corrected chi connectivity index (χ2v) is 5.66. The summed E-state index contributed by atoms with van der Waals surface area (Å²) in [7, 11) is 0. The van der Waals surface area contributed by atoms with Crippen molar-refractivity contribution in [2.75, 3.05) is 13.1 Å². The number of rotatable bonds is 2. The van der Waals surface area contributed by atoms with Gasteiger partial charge in [0, 0.05) is 24.9 Å². The fourth-order valence-corrected chi connectivity index (χ4v) is 3.06. The molecular formula is C14H22FNO2. The van der Waals surface area contributed by atoms with Crippen molar-refractivity contribution in [3.05, 3.63) is 0 Å². The average molecular weight is 255 g/mol. The Labute approximate surface area is 108 Å². The predicted octanol–water partition coefficient (Wildman–Crippen LogP) is 2.34. The van der Waals surface area contributed by atoms with E-state index in [9.17, 15) is 14.0 Å². The van der Waals surface area contributed by atoms with Crippen molar-refractivity contribution < 1.29 is 14.0 Å². The maximum absolute atomic E-state index is 13.0. The molecule has 1 amide bonds. The fourth-order valence-electron chi connectivity index (χ4n) is 3.06. The van der Waals surface area contributed by atoms with Gasteiger partial charge in [0.15, 0.2) is 0 Å². The Balaban J connectivity index is 1.82. The number of hydrogen-bond donors (Lipinski definition) is 0. The Hall–Kier alpha value is -0.930. The number of likely N-dealkylation sites (tertiary alicyclic amines) is 1. The number of ketones is 1. The highest BCUT2D eigenvalue weighted by atomic mass is 19.1. The topological polar surface area (TPSA) is 37.4 Å². The normalized spacial score (nSPS) is 30.2. The van der Waals surface area contributed by atoms with Crippen LogP contribution in [0.5, 0.6) is 0 Å². The summed E-state index contributed by atoms with van der Waals surface area (Å²) in [6.07, 6.45) is 3.30. The van der Waals surface area contributed by atoms with Gasteiger partial charge in [-0.3, -0.25) is 9.59 Å². The average Bonchev–Trinajstić information content (AvgIpc) is 2.39. The van der Waals surface area contributed by atoms with Gasteiger partial charge >= 0.3 is 0 Å². The van der Waals surface area contributed by atoms with E-state index in [0.29, 0.717) is 38.8 Å². The first-order chi connectivity index (χ1) is 8.58. The van der Waals surface area contributed by atoms with E-state index >= 15 is 0 Å². The molecule has 0 spiro atoms. The molecule has 0 aromatic carbocycles. The third kappa shape index (κ3) is 3.09. The molecule has 0 aromatic heterocycles. The van der Waals surface area contributed by atoms with Crippen molar-refractivity contribution >= 4 is 11.7 Å². The number of amides is 1. The summed E-state index contributed by atoms with van der Waals surface area (Å²) in [6, 6.07) is 0. The Morgan fingerprint density at radius 2 is 1.50 bits per heavy atom. The van der Waals surface area contributed by atoms with Crippen LogP contribution in [0.3, 0.4) is 0 Å². The molecule has 0 atom stereocenters.